The second kappa shape index (κ2) is 6.54. The van der Waals surface area contributed by atoms with E-state index >= 15 is 0 Å². The maximum Gasteiger partial charge on any atom is 0.231 e. The first-order chi connectivity index (χ1) is 9.97. The normalized spacial score (nSPS) is 11.4. The Morgan fingerprint density at radius 3 is 2.62 bits per heavy atom. The third kappa shape index (κ3) is 3.92. The Bertz CT molecular complexity index is 646. The number of benzene rings is 1. The van der Waals surface area contributed by atoms with Gasteiger partial charge >= 0.3 is 0 Å². The summed E-state index contributed by atoms with van der Waals surface area (Å²) in [5, 5.41) is 0.797. The summed E-state index contributed by atoms with van der Waals surface area (Å²) in [6.45, 7) is 4.95. The van der Waals surface area contributed by atoms with E-state index < -0.39 is 5.91 Å². The first-order valence-corrected chi connectivity index (χ1v) is 6.97. The predicted molar refractivity (Wildman–Crippen MR) is 81.0 cm³/mol. The van der Waals surface area contributed by atoms with Gasteiger partial charge in [-0.2, -0.15) is 0 Å². The summed E-state index contributed by atoms with van der Waals surface area (Å²) in [5.41, 5.74) is 6.48. The number of hydrogen-bond acceptors (Lipinski definition) is 4. The molecule has 0 aliphatic heterocycles. The highest BCUT2D eigenvalue weighted by Gasteiger charge is 2.18. The highest BCUT2D eigenvalue weighted by atomic mass is 16.3. The quantitative estimate of drug-likeness (QED) is 0.791. The van der Waals surface area contributed by atoms with Gasteiger partial charge in [0, 0.05) is 11.9 Å². The molecule has 0 aliphatic carbocycles. The average Bonchev–Trinajstić information content (AvgIpc) is 2.80. The minimum Gasteiger partial charge on any atom is -0.464 e. The van der Waals surface area contributed by atoms with Crippen LogP contribution in [0, 0.1) is 5.92 Å². The van der Waals surface area contributed by atoms with Crippen LogP contribution in [0.5, 0.6) is 0 Å². The number of amides is 1. The Hall–Kier alpha value is -2.14. The van der Waals surface area contributed by atoms with E-state index in [9.17, 15) is 9.59 Å². The van der Waals surface area contributed by atoms with E-state index in [0.717, 1.165) is 5.39 Å². The summed E-state index contributed by atoms with van der Waals surface area (Å²) in [7, 11) is 0. The fourth-order valence-electron chi connectivity index (χ4n) is 2.40. The smallest absolute Gasteiger partial charge is 0.231 e. The maximum atomic E-state index is 12.4. The molecule has 0 spiro atoms. The van der Waals surface area contributed by atoms with Crippen molar-refractivity contribution in [1.29, 1.82) is 0 Å². The highest BCUT2D eigenvalue weighted by Crippen LogP contribution is 2.21. The van der Waals surface area contributed by atoms with Gasteiger partial charge in [-0.15, -0.1) is 0 Å². The number of para-hydroxylation sites is 1. The Morgan fingerprint density at radius 1 is 1.24 bits per heavy atom. The fraction of sp³-hybridized carbons (Fsp3) is 0.375. The molecule has 1 amide bonds. The SMILES string of the molecule is CC(C)CN(CC(N)=O)CC(=O)c1coc2ccccc12. The highest BCUT2D eigenvalue weighted by molar-refractivity contribution is 6.08. The lowest BCUT2D eigenvalue weighted by atomic mass is 10.1. The molecule has 1 heterocycles. The van der Waals surface area contributed by atoms with E-state index in [4.69, 9.17) is 10.2 Å². The van der Waals surface area contributed by atoms with Crippen LogP contribution in [0.4, 0.5) is 0 Å². The summed E-state index contributed by atoms with van der Waals surface area (Å²) in [6, 6.07) is 7.40. The summed E-state index contributed by atoms with van der Waals surface area (Å²) in [4.78, 5) is 25.3. The summed E-state index contributed by atoms with van der Waals surface area (Å²) >= 11 is 0. The van der Waals surface area contributed by atoms with Crippen LogP contribution in [0.2, 0.25) is 0 Å². The van der Waals surface area contributed by atoms with Crippen molar-refractivity contribution in [2.24, 2.45) is 11.7 Å². The first kappa shape index (κ1) is 15.3. The lowest BCUT2D eigenvalue weighted by molar-refractivity contribution is -0.119. The van der Waals surface area contributed by atoms with Gasteiger partial charge in [0.25, 0.3) is 0 Å². The van der Waals surface area contributed by atoms with E-state index in [-0.39, 0.29) is 18.9 Å². The van der Waals surface area contributed by atoms with Gasteiger partial charge in [-0.1, -0.05) is 32.0 Å². The van der Waals surface area contributed by atoms with Gasteiger partial charge in [0.2, 0.25) is 5.91 Å². The summed E-state index contributed by atoms with van der Waals surface area (Å²) < 4.78 is 5.38. The van der Waals surface area contributed by atoms with E-state index in [1.54, 1.807) is 4.90 Å². The van der Waals surface area contributed by atoms with Crippen molar-refractivity contribution >= 4 is 22.7 Å². The Kier molecular flexibility index (Phi) is 4.75. The molecule has 0 bridgehead atoms. The number of fused-ring (bicyclic) bond motifs is 1. The minimum atomic E-state index is -0.430. The maximum absolute atomic E-state index is 12.4. The van der Waals surface area contributed by atoms with Crippen LogP contribution in [0.15, 0.2) is 34.9 Å². The largest absolute Gasteiger partial charge is 0.464 e. The van der Waals surface area contributed by atoms with Crippen LogP contribution in [-0.2, 0) is 4.79 Å². The third-order valence-electron chi connectivity index (χ3n) is 3.15. The molecule has 0 saturated heterocycles. The van der Waals surface area contributed by atoms with Crippen molar-refractivity contribution in [3.8, 4) is 0 Å². The molecule has 21 heavy (non-hydrogen) atoms. The van der Waals surface area contributed by atoms with Crippen LogP contribution < -0.4 is 5.73 Å². The molecule has 2 N–H and O–H groups in total. The molecule has 0 radical (unpaired) electrons. The molecule has 0 aliphatic rings. The molecule has 0 fully saturated rings. The van der Waals surface area contributed by atoms with Gasteiger partial charge < -0.3 is 10.2 Å². The number of nitrogens with zero attached hydrogens (tertiary/aromatic N) is 1. The van der Waals surface area contributed by atoms with Crippen molar-refractivity contribution in [2.45, 2.75) is 13.8 Å². The van der Waals surface area contributed by atoms with E-state index in [1.807, 2.05) is 38.1 Å². The van der Waals surface area contributed by atoms with Crippen LogP contribution >= 0.6 is 0 Å². The van der Waals surface area contributed by atoms with Gasteiger partial charge in [-0.05, 0) is 12.0 Å². The van der Waals surface area contributed by atoms with Crippen LogP contribution in [0.3, 0.4) is 0 Å². The Labute approximate surface area is 123 Å². The molecular weight excluding hydrogens is 268 g/mol. The fourth-order valence-corrected chi connectivity index (χ4v) is 2.40. The summed E-state index contributed by atoms with van der Waals surface area (Å²) in [6.07, 6.45) is 1.48. The molecular formula is C16H20N2O3. The number of Topliss-reactive ketones (excluding diaryl/α,β-unsaturated/α-hetero) is 1. The van der Waals surface area contributed by atoms with Gasteiger partial charge in [-0.25, -0.2) is 0 Å². The van der Waals surface area contributed by atoms with E-state index in [1.165, 1.54) is 6.26 Å². The minimum absolute atomic E-state index is 0.0677. The molecule has 2 rings (SSSR count). The number of carbonyl (C=O) groups excluding carboxylic acids is 2. The number of carbonyl (C=O) groups is 2. The van der Waals surface area contributed by atoms with Crippen LogP contribution in [0.25, 0.3) is 11.0 Å². The zero-order valence-corrected chi connectivity index (χ0v) is 12.3. The number of ketones is 1. The van der Waals surface area contributed by atoms with Gasteiger partial charge in [-0.3, -0.25) is 14.5 Å². The van der Waals surface area contributed by atoms with Gasteiger partial charge in [0.1, 0.15) is 11.8 Å². The molecule has 112 valence electrons. The first-order valence-electron chi connectivity index (χ1n) is 6.97. The Morgan fingerprint density at radius 2 is 1.95 bits per heavy atom. The van der Waals surface area contributed by atoms with E-state index in [2.05, 4.69) is 0 Å². The van der Waals surface area contributed by atoms with Crippen molar-refractivity contribution in [2.75, 3.05) is 19.6 Å². The van der Waals surface area contributed by atoms with Crippen molar-refractivity contribution in [3.63, 3.8) is 0 Å². The molecule has 0 unspecified atom stereocenters. The lowest BCUT2D eigenvalue weighted by Gasteiger charge is -2.21. The molecule has 5 nitrogen and oxygen atoms in total. The molecule has 0 saturated carbocycles. The Balaban J connectivity index is 2.16. The molecule has 1 aromatic heterocycles. The number of rotatable bonds is 7. The second-order valence-corrected chi connectivity index (χ2v) is 5.60. The van der Waals surface area contributed by atoms with Crippen LogP contribution in [-0.4, -0.2) is 36.2 Å². The topological polar surface area (TPSA) is 76.5 Å². The molecule has 5 heteroatoms. The predicted octanol–water partition coefficient (Wildman–Crippen LogP) is 2.06. The average molecular weight is 288 g/mol. The number of nitrogens with two attached hydrogens (primary N) is 1. The number of primary amides is 1. The zero-order valence-electron chi connectivity index (χ0n) is 12.3. The van der Waals surface area contributed by atoms with Crippen molar-refractivity contribution < 1.29 is 14.0 Å². The third-order valence-corrected chi connectivity index (χ3v) is 3.15. The monoisotopic (exact) mass is 288 g/mol. The van der Waals surface area contributed by atoms with Crippen molar-refractivity contribution in [1.82, 2.24) is 4.90 Å². The molecule has 1 aromatic carbocycles. The van der Waals surface area contributed by atoms with E-state index in [0.29, 0.717) is 23.6 Å². The van der Waals surface area contributed by atoms with Crippen LogP contribution in [0.1, 0.15) is 24.2 Å². The standard InChI is InChI=1S/C16H20N2O3/c1-11(2)7-18(9-16(17)20)8-14(19)13-10-21-15-6-4-3-5-12(13)15/h3-6,10-11H,7-9H2,1-2H3,(H2,17,20). The zero-order chi connectivity index (χ0) is 15.4. The van der Waals surface area contributed by atoms with Gasteiger partial charge in [0.15, 0.2) is 5.78 Å². The molecule has 2 aromatic rings. The lowest BCUT2D eigenvalue weighted by Crippen LogP contribution is -2.39. The van der Waals surface area contributed by atoms with Gasteiger partial charge in [0.05, 0.1) is 18.7 Å². The number of furan rings is 1. The molecule has 0 atom stereocenters. The summed E-state index contributed by atoms with van der Waals surface area (Å²) in [5.74, 6) is -0.152. The number of hydrogen-bond donors (Lipinski definition) is 1. The second-order valence-electron chi connectivity index (χ2n) is 5.60. The van der Waals surface area contributed by atoms with Crippen molar-refractivity contribution in [3.05, 3.63) is 36.1 Å².